The molecule has 3 heteroatoms. The number of ether oxygens (including phenoxy) is 1. The van der Waals surface area contributed by atoms with E-state index in [9.17, 15) is 0 Å². The predicted octanol–water partition coefficient (Wildman–Crippen LogP) is 9.47. The molecule has 0 aliphatic heterocycles. The zero-order valence-corrected chi connectivity index (χ0v) is 25.3. The van der Waals surface area contributed by atoms with Crippen LogP contribution in [0.5, 0.6) is 5.75 Å². The van der Waals surface area contributed by atoms with Crippen LogP contribution in [0.25, 0.3) is 0 Å². The van der Waals surface area contributed by atoms with Gasteiger partial charge in [-0.05, 0) is 75.8 Å². The molecule has 0 radical (unpaired) electrons. The van der Waals surface area contributed by atoms with E-state index in [1.807, 2.05) is 30.3 Å². The number of hydrogen-bond acceptors (Lipinski definition) is 3. The highest BCUT2D eigenvalue weighted by Crippen LogP contribution is 2.29. The van der Waals surface area contributed by atoms with E-state index in [1.165, 1.54) is 22.3 Å². The smallest absolute Gasteiger partial charge is 0.120 e. The average Bonchev–Trinajstić information content (AvgIpc) is 2.89. The maximum Gasteiger partial charge on any atom is 0.120 e. The van der Waals surface area contributed by atoms with Crippen LogP contribution in [0.2, 0.25) is 0 Å². The molecule has 0 aliphatic carbocycles. The van der Waals surface area contributed by atoms with Crippen molar-refractivity contribution >= 4 is 0 Å². The fourth-order valence-electron chi connectivity index (χ4n) is 5.20. The summed E-state index contributed by atoms with van der Waals surface area (Å²) in [5.74, 6) is 2.79. The van der Waals surface area contributed by atoms with Gasteiger partial charge in [-0.15, -0.1) is 13.2 Å². The molecule has 0 bridgehead atoms. The van der Waals surface area contributed by atoms with Crippen LogP contribution in [0.1, 0.15) is 62.8 Å². The van der Waals surface area contributed by atoms with E-state index in [4.69, 9.17) is 4.74 Å². The number of hydrogen-bond donors (Lipinski definition) is 0. The lowest BCUT2D eigenvalue weighted by Crippen LogP contribution is -2.23. The van der Waals surface area contributed by atoms with E-state index >= 15 is 0 Å². The maximum absolute atomic E-state index is 5.94. The molecule has 3 nitrogen and oxygen atoms in total. The summed E-state index contributed by atoms with van der Waals surface area (Å²) in [6.07, 6.45) is 4.12. The summed E-state index contributed by atoms with van der Waals surface area (Å²) in [5, 5.41) is 0. The second-order valence-electron chi connectivity index (χ2n) is 11.3. The van der Waals surface area contributed by atoms with E-state index in [2.05, 4.69) is 133 Å². The Bertz CT molecular complexity index is 1120. The van der Waals surface area contributed by atoms with Crippen molar-refractivity contribution in [1.82, 2.24) is 9.80 Å². The second-order valence-corrected chi connectivity index (χ2v) is 11.3. The molecule has 0 aliphatic rings. The number of benzene rings is 3. The molecule has 3 aromatic carbocycles. The molecule has 3 aromatic rings. The van der Waals surface area contributed by atoms with Gasteiger partial charge < -0.3 is 14.5 Å². The van der Waals surface area contributed by atoms with E-state index in [-0.39, 0.29) is 14.9 Å². The van der Waals surface area contributed by atoms with Gasteiger partial charge in [0, 0.05) is 24.9 Å². The van der Waals surface area contributed by atoms with Gasteiger partial charge in [0.25, 0.3) is 0 Å². The molecule has 0 saturated carbocycles. The summed E-state index contributed by atoms with van der Waals surface area (Å²) >= 11 is 0. The summed E-state index contributed by atoms with van der Waals surface area (Å²) in [5.41, 5.74) is 5.14. The van der Waals surface area contributed by atoms with Crippen molar-refractivity contribution in [2.75, 3.05) is 41.3 Å². The molecule has 0 heterocycles. The molecule has 226 valence electrons. The molecule has 0 amide bonds. The SMILES string of the molecule is C.C.C=CC(c1cccc(C)c1)[C@@H](C)CN(C)C.C=CC(c1cccc(OCc2ccccc2)c1)[C@@H](C)CN(C)C. The third-order valence-corrected chi connectivity index (χ3v) is 6.96. The predicted molar refractivity (Wildman–Crippen MR) is 183 cm³/mol. The Hall–Kier alpha value is -3.14. The fraction of sp³-hybridized carbons (Fsp3) is 0.421. The van der Waals surface area contributed by atoms with Crippen LogP contribution in [0.3, 0.4) is 0 Å². The Balaban J connectivity index is 0.000000789. The van der Waals surface area contributed by atoms with Gasteiger partial charge in [-0.25, -0.2) is 0 Å². The van der Waals surface area contributed by atoms with Crippen LogP contribution >= 0.6 is 0 Å². The number of rotatable bonds is 13. The number of nitrogens with zero attached hydrogens (tertiary/aromatic N) is 2. The Morgan fingerprint density at radius 2 is 1.17 bits per heavy atom. The summed E-state index contributed by atoms with van der Waals surface area (Å²) < 4.78 is 5.94. The molecule has 4 atom stereocenters. The lowest BCUT2D eigenvalue weighted by molar-refractivity contribution is 0.304. The molecule has 3 rings (SSSR count). The van der Waals surface area contributed by atoms with E-state index in [1.54, 1.807) is 0 Å². The molecule has 41 heavy (non-hydrogen) atoms. The summed E-state index contributed by atoms with van der Waals surface area (Å²) in [6, 6.07) is 27.4. The first-order valence-electron chi connectivity index (χ1n) is 14.0. The molecule has 0 saturated heterocycles. The minimum atomic E-state index is 0. The van der Waals surface area contributed by atoms with Crippen LogP contribution in [-0.2, 0) is 6.61 Å². The van der Waals surface area contributed by atoms with Crippen molar-refractivity contribution in [3.8, 4) is 5.75 Å². The van der Waals surface area contributed by atoms with E-state index < -0.39 is 0 Å². The standard InChI is InChI=1S/C21H27NO.C15H23N.2CH4/c1-5-21(17(2)15-22(3)4)19-12-9-13-20(14-19)23-16-18-10-7-6-8-11-18;1-6-15(13(3)11-16(4)5)14-9-7-8-12(2)10-14;;/h5-14,17,21H,1,15-16H2,2-4H3;6-10,13,15H,1,11H2,2-5H3;2*1H4/t17-,21?;13-,15?;;/m00../s1. The van der Waals surface area contributed by atoms with Crippen LogP contribution in [-0.4, -0.2) is 51.1 Å². The summed E-state index contributed by atoms with van der Waals surface area (Å²) in [4.78, 5) is 4.45. The van der Waals surface area contributed by atoms with Crippen LogP contribution in [0.4, 0.5) is 0 Å². The minimum Gasteiger partial charge on any atom is -0.489 e. The first-order chi connectivity index (χ1) is 18.6. The van der Waals surface area contributed by atoms with Crippen molar-refractivity contribution in [2.24, 2.45) is 11.8 Å². The maximum atomic E-state index is 5.94. The van der Waals surface area contributed by atoms with Gasteiger partial charge >= 0.3 is 0 Å². The van der Waals surface area contributed by atoms with Gasteiger partial charge in [0.1, 0.15) is 12.4 Å². The Kier molecular flexibility index (Phi) is 18.3. The molecule has 2 unspecified atom stereocenters. The molecule has 0 N–H and O–H groups in total. The zero-order valence-electron chi connectivity index (χ0n) is 25.3. The summed E-state index contributed by atoms with van der Waals surface area (Å²) in [7, 11) is 8.45. The first kappa shape index (κ1) is 37.9. The van der Waals surface area contributed by atoms with Gasteiger partial charge in [0.2, 0.25) is 0 Å². The van der Waals surface area contributed by atoms with Crippen LogP contribution in [0, 0.1) is 18.8 Å². The highest BCUT2D eigenvalue weighted by atomic mass is 16.5. The highest BCUT2D eigenvalue weighted by Gasteiger charge is 2.18. The van der Waals surface area contributed by atoms with Crippen molar-refractivity contribution < 1.29 is 4.74 Å². The van der Waals surface area contributed by atoms with Gasteiger partial charge in [0.05, 0.1) is 0 Å². The highest BCUT2D eigenvalue weighted by molar-refractivity contribution is 5.33. The second kappa shape index (κ2) is 19.9. The average molecular weight is 559 g/mol. The molecule has 0 spiro atoms. The van der Waals surface area contributed by atoms with Crippen LogP contribution < -0.4 is 4.74 Å². The lowest BCUT2D eigenvalue weighted by atomic mass is 9.86. The Morgan fingerprint density at radius 3 is 1.63 bits per heavy atom. The Labute approximate surface area is 253 Å². The Morgan fingerprint density at radius 1 is 0.683 bits per heavy atom. The molecule has 0 aromatic heterocycles. The van der Waals surface area contributed by atoms with Crippen molar-refractivity contribution in [2.45, 2.75) is 54.1 Å². The van der Waals surface area contributed by atoms with Gasteiger partial charge in [-0.1, -0.05) is 113 Å². The largest absolute Gasteiger partial charge is 0.489 e. The normalized spacial score (nSPS) is 13.4. The lowest BCUT2D eigenvalue weighted by Gasteiger charge is -2.24. The van der Waals surface area contributed by atoms with E-state index in [0.717, 1.165) is 18.8 Å². The first-order valence-corrected chi connectivity index (χ1v) is 14.0. The van der Waals surface area contributed by atoms with Crippen molar-refractivity contribution in [1.29, 1.82) is 0 Å². The van der Waals surface area contributed by atoms with Gasteiger partial charge in [0.15, 0.2) is 0 Å². The summed E-state index contributed by atoms with van der Waals surface area (Å²) in [6.45, 7) is 17.4. The van der Waals surface area contributed by atoms with Crippen LogP contribution in [0.15, 0.2) is 104 Å². The number of allylic oxidation sites excluding steroid dienone is 2. The third kappa shape index (κ3) is 13.4. The molecule has 0 fully saturated rings. The monoisotopic (exact) mass is 558 g/mol. The quantitative estimate of drug-likeness (QED) is 0.194. The molecular weight excluding hydrogens is 500 g/mol. The van der Waals surface area contributed by atoms with Gasteiger partial charge in [-0.2, -0.15) is 0 Å². The third-order valence-electron chi connectivity index (χ3n) is 6.96. The van der Waals surface area contributed by atoms with Crippen molar-refractivity contribution in [3.05, 3.63) is 126 Å². The van der Waals surface area contributed by atoms with Crippen molar-refractivity contribution in [3.63, 3.8) is 0 Å². The fourth-order valence-corrected chi connectivity index (χ4v) is 5.20. The number of aryl methyl sites for hydroxylation is 1. The molecular formula is C38H58N2O. The topological polar surface area (TPSA) is 15.7 Å². The minimum absolute atomic E-state index is 0. The zero-order chi connectivity index (χ0) is 28.8. The van der Waals surface area contributed by atoms with Gasteiger partial charge in [-0.3, -0.25) is 0 Å². The van der Waals surface area contributed by atoms with E-state index in [0.29, 0.717) is 30.3 Å².